The lowest BCUT2D eigenvalue weighted by Crippen LogP contribution is -2.28. The SMILES string of the molecule is C#CCCCC#N.O=C1CNC(=O)c2ccccc2N1. The lowest BCUT2D eigenvalue weighted by Gasteiger charge is -2.02. The minimum Gasteiger partial charge on any atom is -0.343 e. The van der Waals surface area contributed by atoms with Crippen LogP contribution in [0, 0.1) is 23.7 Å². The van der Waals surface area contributed by atoms with Crippen molar-refractivity contribution in [3.8, 4) is 18.4 Å². The molecule has 2 rings (SSSR count). The molecule has 0 radical (unpaired) electrons. The highest BCUT2D eigenvalue weighted by molar-refractivity contribution is 6.08. The van der Waals surface area contributed by atoms with Gasteiger partial charge in [0.25, 0.3) is 5.91 Å². The first-order valence-corrected chi connectivity index (χ1v) is 6.16. The number of anilines is 1. The van der Waals surface area contributed by atoms with Crippen LogP contribution in [0.5, 0.6) is 0 Å². The van der Waals surface area contributed by atoms with Crippen LogP contribution in [0.4, 0.5) is 5.69 Å². The Morgan fingerprint density at radius 1 is 1.25 bits per heavy atom. The Hall–Kier alpha value is -2.79. The Bertz CT molecular complexity index is 553. The second-order valence-corrected chi connectivity index (χ2v) is 3.99. The van der Waals surface area contributed by atoms with E-state index in [1.807, 2.05) is 6.07 Å². The molecule has 0 bridgehead atoms. The van der Waals surface area contributed by atoms with E-state index in [1.54, 1.807) is 24.3 Å². The summed E-state index contributed by atoms with van der Waals surface area (Å²) in [6, 6.07) is 8.93. The highest BCUT2D eigenvalue weighted by atomic mass is 16.2. The number of benzene rings is 1. The van der Waals surface area contributed by atoms with Gasteiger partial charge in [0.05, 0.1) is 23.9 Å². The van der Waals surface area contributed by atoms with Crippen LogP contribution in [0.3, 0.4) is 0 Å². The topological polar surface area (TPSA) is 82.0 Å². The molecular formula is C15H15N3O2. The van der Waals surface area contributed by atoms with E-state index < -0.39 is 0 Å². The molecule has 0 saturated heterocycles. The fourth-order valence-corrected chi connectivity index (χ4v) is 1.51. The first-order valence-electron chi connectivity index (χ1n) is 6.16. The third-order valence-corrected chi connectivity index (χ3v) is 2.46. The number of hydrogen-bond acceptors (Lipinski definition) is 3. The average molecular weight is 269 g/mol. The van der Waals surface area contributed by atoms with E-state index in [4.69, 9.17) is 11.7 Å². The molecule has 1 heterocycles. The average Bonchev–Trinajstić information content (AvgIpc) is 2.60. The van der Waals surface area contributed by atoms with Crippen LogP contribution < -0.4 is 10.6 Å². The molecular weight excluding hydrogens is 254 g/mol. The summed E-state index contributed by atoms with van der Waals surface area (Å²) in [5.74, 6) is 2.04. The van der Waals surface area contributed by atoms with Crippen LogP contribution in [-0.4, -0.2) is 18.4 Å². The maximum atomic E-state index is 11.3. The lowest BCUT2D eigenvalue weighted by atomic mass is 10.2. The van der Waals surface area contributed by atoms with Crippen molar-refractivity contribution in [1.82, 2.24) is 5.32 Å². The van der Waals surface area contributed by atoms with Crippen LogP contribution >= 0.6 is 0 Å². The van der Waals surface area contributed by atoms with Crippen LogP contribution in [0.2, 0.25) is 0 Å². The van der Waals surface area contributed by atoms with E-state index in [0.717, 1.165) is 12.8 Å². The van der Waals surface area contributed by atoms with E-state index in [9.17, 15) is 9.59 Å². The van der Waals surface area contributed by atoms with Gasteiger partial charge in [0.1, 0.15) is 0 Å². The van der Waals surface area contributed by atoms with Gasteiger partial charge in [0.2, 0.25) is 5.91 Å². The first-order chi connectivity index (χ1) is 9.69. The van der Waals surface area contributed by atoms with E-state index in [0.29, 0.717) is 17.7 Å². The third-order valence-electron chi connectivity index (χ3n) is 2.46. The van der Waals surface area contributed by atoms with Crippen LogP contribution in [0.15, 0.2) is 24.3 Å². The van der Waals surface area contributed by atoms with Gasteiger partial charge in [-0.3, -0.25) is 9.59 Å². The highest BCUT2D eigenvalue weighted by Gasteiger charge is 2.17. The summed E-state index contributed by atoms with van der Waals surface area (Å²) in [7, 11) is 0. The number of nitriles is 1. The Kier molecular flexibility index (Phi) is 6.36. The standard InChI is InChI=1S/C9H8N2O2.C6H7N/c12-8-5-10-9(13)6-3-1-2-4-7(6)11-8;1-2-3-4-5-6-7/h1-4H,5H2,(H,10,13)(H,11,12);1H,3-5H2. The second-order valence-electron chi connectivity index (χ2n) is 3.99. The Labute approximate surface area is 118 Å². The summed E-state index contributed by atoms with van der Waals surface area (Å²) in [6.07, 6.45) is 7.07. The number of carbonyl (C=O) groups is 2. The molecule has 0 unspecified atom stereocenters. The molecule has 1 aromatic rings. The van der Waals surface area contributed by atoms with Crippen molar-refractivity contribution in [2.24, 2.45) is 0 Å². The van der Waals surface area contributed by atoms with Crippen molar-refractivity contribution in [3.63, 3.8) is 0 Å². The largest absolute Gasteiger partial charge is 0.343 e. The summed E-state index contributed by atoms with van der Waals surface area (Å²) < 4.78 is 0. The number of hydrogen-bond donors (Lipinski definition) is 2. The van der Waals surface area contributed by atoms with Crippen molar-refractivity contribution in [3.05, 3.63) is 29.8 Å². The number of carbonyl (C=O) groups excluding carboxylic acids is 2. The van der Waals surface area contributed by atoms with Crippen molar-refractivity contribution < 1.29 is 9.59 Å². The first kappa shape index (κ1) is 15.3. The predicted octanol–water partition coefficient (Wildman–Crippen LogP) is 1.68. The summed E-state index contributed by atoms with van der Waals surface area (Å²) in [4.78, 5) is 22.4. The van der Waals surface area contributed by atoms with Crippen molar-refractivity contribution >= 4 is 17.5 Å². The molecule has 102 valence electrons. The summed E-state index contributed by atoms with van der Waals surface area (Å²) in [6.45, 7) is 0.0352. The zero-order chi connectivity index (χ0) is 14.8. The highest BCUT2D eigenvalue weighted by Crippen LogP contribution is 2.15. The molecule has 0 spiro atoms. The van der Waals surface area contributed by atoms with E-state index in [1.165, 1.54) is 0 Å². The van der Waals surface area contributed by atoms with Gasteiger partial charge in [-0.05, 0) is 18.6 Å². The number of terminal acetylenes is 1. The Balaban J connectivity index is 0.000000246. The molecule has 20 heavy (non-hydrogen) atoms. The van der Waals surface area contributed by atoms with Gasteiger partial charge in [-0.15, -0.1) is 12.3 Å². The van der Waals surface area contributed by atoms with Crippen LogP contribution in [-0.2, 0) is 4.79 Å². The monoisotopic (exact) mass is 269 g/mol. The molecule has 1 aliphatic rings. The van der Waals surface area contributed by atoms with Crippen LogP contribution in [0.1, 0.15) is 29.6 Å². The van der Waals surface area contributed by atoms with Gasteiger partial charge >= 0.3 is 0 Å². The second kappa shape index (κ2) is 8.34. The maximum absolute atomic E-state index is 11.3. The molecule has 1 aromatic carbocycles. The van der Waals surface area contributed by atoms with Gasteiger partial charge in [0.15, 0.2) is 0 Å². The van der Waals surface area contributed by atoms with Gasteiger partial charge in [0, 0.05) is 12.8 Å². The van der Waals surface area contributed by atoms with E-state index in [-0.39, 0.29) is 18.4 Å². The summed E-state index contributed by atoms with van der Waals surface area (Å²) >= 11 is 0. The number of nitrogens with zero attached hydrogens (tertiary/aromatic N) is 1. The molecule has 5 nitrogen and oxygen atoms in total. The number of amides is 2. The molecule has 2 amide bonds. The third kappa shape index (κ3) is 4.83. The van der Waals surface area contributed by atoms with Gasteiger partial charge in [-0.2, -0.15) is 5.26 Å². The molecule has 0 aromatic heterocycles. The van der Waals surface area contributed by atoms with Gasteiger partial charge < -0.3 is 10.6 Å². The van der Waals surface area contributed by atoms with Crippen LogP contribution in [0.25, 0.3) is 0 Å². The number of para-hydroxylation sites is 1. The zero-order valence-corrected chi connectivity index (χ0v) is 11.0. The van der Waals surface area contributed by atoms with E-state index >= 15 is 0 Å². The van der Waals surface area contributed by atoms with E-state index in [2.05, 4.69) is 16.6 Å². The Morgan fingerprint density at radius 3 is 2.70 bits per heavy atom. The van der Waals surface area contributed by atoms with Crippen molar-refractivity contribution in [2.75, 3.05) is 11.9 Å². The summed E-state index contributed by atoms with van der Waals surface area (Å²) in [5.41, 5.74) is 1.08. The fraction of sp³-hybridized carbons (Fsp3) is 0.267. The number of rotatable bonds is 2. The minimum atomic E-state index is -0.214. The molecule has 5 heteroatoms. The molecule has 0 atom stereocenters. The molecule has 2 N–H and O–H groups in total. The fourth-order valence-electron chi connectivity index (χ4n) is 1.51. The molecule has 0 saturated carbocycles. The van der Waals surface area contributed by atoms with Gasteiger partial charge in [-0.1, -0.05) is 12.1 Å². The maximum Gasteiger partial charge on any atom is 0.253 e. The Morgan fingerprint density at radius 2 is 2.00 bits per heavy atom. The smallest absolute Gasteiger partial charge is 0.253 e. The number of fused-ring (bicyclic) bond motifs is 1. The molecule has 1 aliphatic heterocycles. The lowest BCUT2D eigenvalue weighted by molar-refractivity contribution is -0.115. The number of unbranched alkanes of at least 4 members (excludes halogenated alkanes) is 2. The molecule has 0 fully saturated rings. The summed E-state index contributed by atoms with van der Waals surface area (Å²) in [5, 5.41) is 13.1. The molecule has 0 aliphatic carbocycles. The quantitative estimate of drug-likeness (QED) is 0.633. The zero-order valence-electron chi connectivity index (χ0n) is 11.0. The minimum absolute atomic E-state index is 0.0352. The normalized spacial score (nSPS) is 12.3. The van der Waals surface area contributed by atoms with Gasteiger partial charge in [-0.25, -0.2) is 0 Å². The number of nitrogens with one attached hydrogen (secondary N) is 2. The predicted molar refractivity (Wildman–Crippen MR) is 75.7 cm³/mol. The van der Waals surface area contributed by atoms with Crippen molar-refractivity contribution in [2.45, 2.75) is 19.3 Å². The van der Waals surface area contributed by atoms with Crippen molar-refractivity contribution in [1.29, 1.82) is 5.26 Å².